The Bertz CT molecular complexity index is 319. The molecular weight excluding hydrogens is 172 g/mol. The lowest BCUT2D eigenvalue weighted by atomic mass is 10.2. The van der Waals surface area contributed by atoms with E-state index in [1.165, 1.54) is 11.3 Å². The predicted molar refractivity (Wildman–Crippen MR) is 48.4 cm³/mol. The first-order valence-corrected chi connectivity index (χ1v) is 4.87. The van der Waals surface area contributed by atoms with Gasteiger partial charge in [-0.05, 0) is 19.3 Å². The fourth-order valence-corrected chi connectivity index (χ4v) is 2.30. The van der Waals surface area contributed by atoms with E-state index in [2.05, 4.69) is 4.98 Å². The lowest BCUT2D eigenvalue weighted by molar-refractivity contribution is 0.0985. The minimum Gasteiger partial charge on any atom is -0.375 e. The molecule has 0 bridgehead atoms. The van der Waals surface area contributed by atoms with Gasteiger partial charge in [0, 0.05) is 6.42 Å². The van der Waals surface area contributed by atoms with Gasteiger partial charge in [-0.3, -0.25) is 4.79 Å². The molecular formula is C8H10N2OS. The van der Waals surface area contributed by atoms with Crippen molar-refractivity contribution in [3.05, 3.63) is 10.6 Å². The molecule has 0 spiro atoms. The second-order valence-electron chi connectivity index (χ2n) is 2.96. The molecule has 0 amide bonds. The Balaban J connectivity index is 2.44. The first-order chi connectivity index (χ1) is 5.77. The van der Waals surface area contributed by atoms with Crippen molar-refractivity contribution < 1.29 is 4.79 Å². The number of anilines is 1. The molecule has 2 rings (SSSR count). The van der Waals surface area contributed by atoms with Crippen LogP contribution in [0.4, 0.5) is 5.13 Å². The number of hydrogen-bond donors (Lipinski definition) is 1. The number of nitrogen functional groups attached to an aromatic ring is 1. The summed E-state index contributed by atoms with van der Waals surface area (Å²) in [5, 5.41) is 0.523. The van der Waals surface area contributed by atoms with Crippen LogP contribution in [0.2, 0.25) is 0 Å². The number of nitrogens with zero attached hydrogens (tertiary/aromatic N) is 1. The van der Waals surface area contributed by atoms with E-state index in [9.17, 15) is 4.79 Å². The molecule has 0 unspecified atom stereocenters. The van der Waals surface area contributed by atoms with Crippen LogP contribution in [-0.4, -0.2) is 10.8 Å². The Morgan fingerprint density at radius 2 is 2.08 bits per heavy atom. The number of nitrogens with two attached hydrogens (primary N) is 1. The van der Waals surface area contributed by atoms with Gasteiger partial charge in [0.05, 0.1) is 10.6 Å². The summed E-state index contributed by atoms with van der Waals surface area (Å²) in [6, 6.07) is 0. The molecule has 1 aromatic rings. The van der Waals surface area contributed by atoms with E-state index in [0.29, 0.717) is 11.6 Å². The van der Waals surface area contributed by atoms with Crippen molar-refractivity contribution in [1.29, 1.82) is 0 Å². The summed E-state index contributed by atoms with van der Waals surface area (Å²) in [7, 11) is 0. The summed E-state index contributed by atoms with van der Waals surface area (Å²) in [6.07, 6.45) is 3.62. The summed E-state index contributed by atoms with van der Waals surface area (Å²) in [6.45, 7) is 0. The van der Waals surface area contributed by atoms with E-state index in [0.717, 1.165) is 29.8 Å². The Kier molecular flexibility index (Phi) is 1.84. The van der Waals surface area contributed by atoms with Gasteiger partial charge in [-0.2, -0.15) is 0 Å². The summed E-state index contributed by atoms with van der Waals surface area (Å²) >= 11 is 1.33. The average molecular weight is 182 g/mol. The van der Waals surface area contributed by atoms with Crippen LogP contribution < -0.4 is 5.73 Å². The average Bonchev–Trinajstić information content (AvgIpc) is 2.33. The minimum atomic E-state index is 0.219. The summed E-state index contributed by atoms with van der Waals surface area (Å²) in [4.78, 5) is 16.4. The lowest BCUT2D eigenvalue weighted by Gasteiger charge is -1.90. The fourth-order valence-electron chi connectivity index (χ4n) is 1.45. The van der Waals surface area contributed by atoms with E-state index < -0.39 is 0 Å². The number of hydrogen-bond acceptors (Lipinski definition) is 4. The van der Waals surface area contributed by atoms with Crippen molar-refractivity contribution in [2.45, 2.75) is 25.7 Å². The first-order valence-electron chi connectivity index (χ1n) is 4.06. The number of Topliss-reactive ketones (excluding diaryl/α,β-unsaturated/α-hetero) is 1. The van der Waals surface area contributed by atoms with Crippen LogP contribution in [0, 0.1) is 0 Å². The number of ketones is 1. The summed E-state index contributed by atoms with van der Waals surface area (Å²) in [5.41, 5.74) is 6.44. The maximum Gasteiger partial charge on any atom is 0.180 e. The van der Waals surface area contributed by atoms with Crippen molar-refractivity contribution in [3.63, 3.8) is 0 Å². The molecule has 0 radical (unpaired) electrons. The van der Waals surface area contributed by atoms with Gasteiger partial charge in [0.2, 0.25) is 0 Å². The highest BCUT2D eigenvalue weighted by Gasteiger charge is 2.19. The molecule has 1 heterocycles. The van der Waals surface area contributed by atoms with Gasteiger partial charge >= 0.3 is 0 Å². The van der Waals surface area contributed by atoms with E-state index in [4.69, 9.17) is 5.73 Å². The number of aryl methyl sites for hydroxylation is 1. The Morgan fingerprint density at radius 1 is 1.33 bits per heavy atom. The molecule has 1 aromatic heterocycles. The topological polar surface area (TPSA) is 56.0 Å². The van der Waals surface area contributed by atoms with Gasteiger partial charge in [0.15, 0.2) is 10.9 Å². The van der Waals surface area contributed by atoms with Crippen LogP contribution in [0.15, 0.2) is 0 Å². The van der Waals surface area contributed by atoms with E-state index in [1.807, 2.05) is 0 Å². The molecule has 1 aliphatic rings. The van der Waals surface area contributed by atoms with Crippen molar-refractivity contribution in [2.75, 3.05) is 5.73 Å². The standard InChI is InChI=1S/C8H10N2OS/c9-8-10-5-3-1-2-4-6(11)7(5)12-8/h1-4H2,(H2,9,10). The Morgan fingerprint density at radius 3 is 2.92 bits per heavy atom. The number of fused-ring (bicyclic) bond motifs is 1. The number of aromatic nitrogens is 1. The van der Waals surface area contributed by atoms with Gasteiger partial charge < -0.3 is 5.73 Å². The molecule has 0 saturated carbocycles. The van der Waals surface area contributed by atoms with Crippen molar-refractivity contribution in [1.82, 2.24) is 4.98 Å². The monoisotopic (exact) mass is 182 g/mol. The molecule has 0 aromatic carbocycles. The molecule has 12 heavy (non-hydrogen) atoms. The SMILES string of the molecule is Nc1nc2c(s1)C(=O)CCCC2. The normalized spacial score (nSPS) is 17.2. The zero-order valence-electron chi connectivity index (χ0n) is 6.67. The second kappa shape index (κ2) is 2.86. The predicted octanol–water partition coefficient (Wildman–Crippen LogP) is 1.63. The van der Waals surface area contributed by atoms with Gasteiger partial charge in [-0.1, -0.05) is 11.3 Å². The third-order valence-electron chi connectivity index (χ3n) is 2.03. The zero-order chi connectivity index (χ0) is 8.55. The molecule has 0 atom stereocenters. The maximum atomic E-state index is 11.4. The molecule has 64 valence electrons. The summed E-state index contributed by atoms with van der Waals surface area (Å²) in [5.74, 6) is 0.219. The van der Waals surface area contributed by atoms with Crippen LogP contribution >= 0.6 is 11.3 Å². The molecule has 0 fully saturated rings. The van der Waals surface area contributed by atoms with Crippen molar-refractivity contribution in [2.24, 2.45) is 0 Å². The quantitative estimate of drug-likeness (QED) is 0.620. The molecule has 2 N–H and O–H groups in total. The van der Waals surface area contributed by atoms with Crippen LogP contribution in [0.25, 0.3) is 0 Å². The van der Waals surface area contributed by atoms with Crippen LogP contribution in [0.1, 0.15) is 34.6 Å². The highest BCUT2D eigenvalue weighted by molar-refractivity contribution is 7.17. The maximum absolute atomic E-state index is 11.4. The first kappa shape index (κ1) is 7.73. The van der Waals surface area contributed by atoms with Crippen LogP contribution in [0.5, 0.6) is 0 Å². The smallest absolute Gasteiger partial charge is 0.180 e. The van der Waals surface area contributed by atoms with Gasteiger partial charge in [-0.15, -0.1) is 0 Å². The minimum absolute atomic E-state index is 0.219. The number of carbonyl (C=O) groups is 1. The number of rotatable bonds is 0. The third-order valence-corrected chi connectivity index (χ3v) is 3.00. The van der Waals surface area contributed by atoms with Crippen molar-refractivity contribution >= 4 is 22.3 Å². The number of carbonyl (C=O) groups excluding carboxylic acids is 1. The third kappa shape index (κ3) is 1.22. The molecule has 4 heteroatoms. The number of thiazole rings is 1. The van der Waals surface area contributed by atoms with Gasteiger partial charge in [0.1, 0.15) is 0 Å². The Labute approximate surface area is 74.6 Å². The van der Waals surface area contributed by atoms with Gasteiger partial charge in [0.25, 0.3) is 0 Å². The highest BCUT2D eigenvalue weighted by Crippen LogP contribution is 2.26. The van der Waals surface area contributed by atoms with E-state index in [-0.39, 0.29) is 5.78 Å². The Hall–Kier alpha value is -0.900. The largest absolute Gasteiger partial charge is 0.375 e. The molecule has 3 nitrogen and oxygen atoms in total. The van der Waals surface area contributed by atoms with Crippen molar-refractivity contribution in [3.8, 4) is 0 Å². The molecule has 0 aliphatic heterocycles. The lowest BCUT2D eigenvalue weighted by Crippen LogP contribution is -1.95. The van der Waals surface area contributed by atoms with Crippen LogP contribution in [0.3, 0.4) is 0 Å². The molecule has 0 saturated heterocycles. The zero-order valence-corrected chi connectivity index (χ0v) is 7.49. The van der Waals surface area contributed by atoms with E-state index >= 15 is 0 Å². The summed E-state index contributed by atoms with van der Waals surface area (Å²) < 4.78 is 0. The van der Waals surface area contributed by atoms with Gasteiger partial charge in [-0.25, -0.2) is 4.98 Å². The highest BCUT2D eigenvalue weighted by atomic mass is 32.1. The van der Waals surface area contributed by atoms with E-state index in [1.54, 1.807) is 0 Å². The second-order valence-corrected chi connectivity index (χ2v) is 3.99. The fraction of sp³-hybridized carbons (Fsp3) is 0.500. The molecule has 1 aliphatic carbocycles. The van der Waals surface area contributed by atoms with Crippen LogP contribution in [-0.2, 0) is 6.42 Å².